The largest absolute Gasteiger partial charge is 0.772 e. The van der Waals surface area contributed by atoms with Crippen LogP contribution in [0.1, 0.15) is 31.1 Å². The molecule has 6 atom stereocenters. The first kappa shape index (κ1) is 34.0. The molecule has 0 spiro atoms. The Morgan fingerprint density at radius 3 is 2.26 bits per heavy atom. The molecule has 1 heterocycles. The lowest BCUT2D eigenvalue weighted by atomic mass is 9.92. The molecule has 38 heavy (non-hydrogen) atoms. The van der Waals surface area contributed by atoms with Gasteiger partial charge in [0.2, 0.25) is 5.91 Å². The van der Waals surface area contributed by atoms with Gasteiger partial charge in [-0.15, -0.1) is 12.4 Å². The fraction of sp³-hybridized carbons (Fsp3) is 0.636. The SMILES string of the molecule is COc1ccc(C([C@H]2CN[C@H](C(=O)N[C@@H](C(C)C)[C@@H](O)C(F)(F)C(=O)NCC(F)(F)F)C2)S(=O)[O-])cc1.Cl. The maximum Gasteiger partial charge on any atom is 0.405 e. The zero-order chi connectivity index (χ0) is 28.1. The molecule has 1 aromatic rings. The van der Waals surface area contributed by atoms with Crippen molar-refractivity contribution in [1.29, 1.82) is 0 Å². The lowest BCUT2D eigenvalue weighted by molar-refractivity contribution is -0.174. The minimum Gasteiger partial charge on any atom is -0.772 e. The van der Waals surface area contributed by atoms with Crippen LogP contribution in [-0.4, -0.2) is 76.2 Å². The molecule has 1 fully saturated rings. The topological polar surface area (TPSA) is 140 Å². The van der Waals surface area contributed by atoms with Gasteiger partial charge in [-0.25, -0.2) is 0 Å². The lowest BCUT2D eigenvalue weighted by Gasteiger charge is -2.32. The number of rotatable bonds is 11. The lowest BCUT2D eigenvalue weighted by Crippen LogP contribution is -2.61. The third kappa shape index (κ3) is 8.73. The molecule has 2 rings (SSSR count). The molecule has 1 aliphatic rings. The highest BCUT2D eigenvalue weighted by Crippen LogP contribution is 2.34. The molecule has 1 aromatic carbocycles. The normalized spacial score (nSPS) is 21.1. The second-order valence-electron chi connectivity index (χ2n) is 9.05. The average molecular weight is 595 g/mol. The van der Waals surface area contributed by atoms with Crippen molar-refractivity contribution < 1.29 is 50.1 Å². The number of amides is 2. The number of aliphatic hydroxyl groups is 1. The zero-order valence-electron chi connectivity index (χ0n) is 20.6. The number of alkyl halides is 5. The van der Waals surface area contributed by atoms with Crippen LogP contribution in [0, 0.1) is 11.8 Å². The molecule has 0 bridgehead atoms. The monoisotopic (exact) mass is 594 g/mol. The summed E-state index contributed by atoms with van der Waals surface area (Å²) >= 11 is -2.56. The van der Waals surface area contributed by atoms with Gasteiger partial charge >= 0.3 is 12.1 Å². The molecule has 218 valence electrons. The van der Waals surface area contributed by atoms with Gasteiger partial charge in [-0.2, -0.15) is 22.0 Å². The van der Waals surface area contributed by atoms with Crippen LogP contribution in [0.5, 0.6) is 5.75 Å². The summed E-state index contributed by atoms with van der Waals surface area (Å²) < 4.78 is 94.8. The Balaban J connectivity index is 0.00000722. The van der Waals surface area contributed by atoms with Crippen molar-refractivity contribution in [3.8, 4) is 5.75 Å². The summed E-state index contributed by atoms with van der Waals surface area (Å²) in [6, 6.07) is 3.61. The number of benzene rings is 1. The molecule has 2 unspecified atom stereocenters. The predicted octanol–water partition coefficient (Wildman–Crippen LogP) is 1.83. The highest BCUT2D eigenvalue weighted by Gasteiger charge is 2.52. The van der Waals surface area contributed by atoms with E-state index in [9.17, 15) is 45.4 Å². The summed E-state index contributed by atoms with van der Waals surface area (Å²) in [6.07, 6.45) is -7.76. The Morgan fingerprint density at radius 2 is 1.79 bits per heavy atom. The van der Waals surface area contributed by atoms with E-state index in [1.54, 1.807) is 24.3 Å². The maximum atomic E-state index is 14.4. The third-order valence-electron chi connectivity index (χ3n) is 6.05. The van der Waals surface area contributed by atoms with Gasteiger partial charge in [0.1, 0.15) is 18.4 Å². The average Bonchev–Trinajstić information content (AvgIpc) is 3.29. The van der Waals surface area contributed by atoms with Gasteiger partial charge in [0.15, 0.2) is 0 Å². The van der Waals surface area contributed by atoms with Crippen molar-refractivity contribution in [2.75, 3.05) is 20.2 Å². The highest BCUT2D eigenvalue weighted by atomic mass is 35.5. The molecule has 1 saturated heterocycles. The molecule has 9 nitrogen and oxygen atoms in total. The van der Waals surface area contributed by atoms with E-state index < -0.39 is 76.8 Å². The van der Waals surface area contributed by atoms with Gasteiger partial charge < -0.3 is 30.3 Å². The van der Waals surface area contributed by atoms with Crippen molar-refractivity contribution in [3.05, 3.63) is 29.8 Å². The van der Waals surface area contributed by atoms with Crippen molar-refractivity contribution in [2.24, 2.45) is 11.8 Å². The van der Waals surface area contributed by atoms with Gasteiger partial charge in [-0.3, -0.25) is 13.8 Å². The van der Waals surface area contributed by atoms with Crippen LogP contribution in [0.4, 0.5) is 22.0 Å². The number of ether oxygens (including phenoxy) is 1. The molecule has 2 amide bonds. The molecule has 0 aliphatic carbocycles. The van der Waals surface area contributed by atoms with Crippen LogP contribution in [-0.2, 0) is 20.7 Å². The summed E-state index contributed by atoms with van der Waals surface area (Å²) in [4.78, 5) is 24.5. The van der Waals surface area contributed by atoms with Crippen LogP contribution in [0.2, 0.25) is 0 Å². The number of aliphatic hydroxyl groups excluding tert-OH is 1. The number of nitrogens with one attached hydrogen (secondary N) is 3. The Hall–Kier alpha value is -2.07. The summed E-state index contributed by atoms with van der Waals surface area (Å²) in [7, 11) is 1.45. The second-order valence-corrected chi connectivity index (χ2v) is 10.1. The molecule has 0 radical (unpaired) electrons. The first-order chi connectivity index (χ1) is 17.1. The minimum absolute atomic E-state index is 0. The van der Waals surface area contributed by atoms with E-state index in [4.69, 9.17) is 4.74 Å². The van der Waals surface area contributed by atoms with E-state index in [2.05, 4.69) is 10.6 Å². The van der Waals surface area contributed by atoms with Gasteiger partial charge in [-0.1, -0.05) is 26.0 Å². The van der Waals surface area contributed by atoms with E-state index in [0.717, 1.165) is 5.32 Å². The second kappa shape index (κ2) is 13.8. The van der Waals surface area contributed by atoms with Gasteiger partial charge in [0.05, 0.1) is 24.4 Å². The van der Waals surface area contributed by atoms with E-state index in [-0.39, 0.29) is 25.4 Å². The first-order valence-corrected chi connectivity index (χ1v) is 12.4. The van der Waals surface area contributed by atoms with Crippen LogP contribution in [0.25, 0.3) is 0 Å². The standard InChI is InChI=1S/C22H30F5N3O6S.ClH/c1-11(2)16(18(31)22(26,27)20(33)29-10-21(23,24)25)30-19(32)15-8-13(9-28-15)17(37(34)35)12-4-6-14(36-3)7-5-12;/h4-7,11,13,15-18,28,31H,8-10H2,1-3H3,(H,29,33)(H,30,32)(H,34,35);1H/p-1/t13-,15+,16+,17?,18-;/m1./s1. The van der Waals surface area contributed by atoms with Crippen LogP contribution < -0.4 is 20.7 Å². The molecule has 0 aromatic heterocycles. The smallest absolute Gasteiger partial charge is 0.405 e. The number of halogens is 6. The molecule has 16 heteroatoms. The summed E-state index contributed by atoms with van der Waals surface area (Å²) in [6.45, 7) is 0.816. The molecular formula is C22H30ClF5N3O6S-. The first-order valence-electron chi connectivity index (χ1n) is 11.2. The Labute approximate surface area is 225 Å². The summed E-state index contributed by atoms with van der Waals surface area (Å²) in [5.41, 5.74) is 0.460. The molecular weight excluding hydrogens is 565 g/mol. The Bertz CT molecular complexity index is 970. The van der Waals surface area contributed by atoms with E-state index in [1.807, 2.05) is 0 Å². The number of carbonyl (C=O) groups excluding carboxylic acids is 2. The quantitative estimate of drug-likeness (QED) is 0.226. The number of hydrogen-bond acceptors (Lipinski definition) is 7. The zero-order valence-corrected chi connectivity index (χ0v) is 22.2. The van der Waals surface area contributed by atoms with E-state index >= 15 is 0 Å². The van der Waals surface area contributed by atoms with Crippen molar-refractivity contribution >= 4 is 35.3 Å². The minimum atomic E-state index is -4.94. The van der Waals surface area contributed by atoms with Crippen molar-refractivity contribution in [3.63, 3.8) is 0 Å². The summed E-state index contributed by atoms with van der Waals surface area (Å²) in [5.74, 6) is -8.70. The predicted molar refractivity (Wildman–Crippen MR) is 129 cm³/mol. The van der Waals surface area contributed by atoms with Crippen molar-refractivity contribution in [1.82, 2.24) is 16.0 Å². The highest BCUT2D eigenvalue weighted by molar-refractivity contribution is 7.79. The Kier molecular flexibility index (Phi) is 12.4. The summed E-state index contributed by atoms with van der Waals surface area (Å²) in [5, 5.41) is 15.3. The number of methoxy groups -OCH3 is 1. The molecule has 0 saturated carbocycles. The molecule has 1 aliphatic heterocycles. The van der Waals surface area contributed by atoms with Crippen LogP contribution in [0.3, 0.4) is 0 Å². The van der Waals surface area contributed by atoms with Gasteiger partial charge in [0.25, 0.3) is 5.91 Å². The Morgan fingerprint density at radius 1 is 1.21 bits per heavy atom. The fourth-order valence-electron chi connectivity index (χ4n) is 4.06. The van der Waals surface area contributed by atoms with Crippen molar-refractivity contribution in [2.45, 2.75) is 55.8 Å². The van der Waals surface area contributed by atoms with E-state index in [0.29, 0.717) is 11.3 Å². The van der Waals surface area contributed by atoms with Crippen LogP contribution in [0.15, 0.2) is 24.3 Å². The number of hydrogen-bond donors (Lipinski definition) is 4. The fourth-order valence-corrected chi connectivity index (χ4v) is 4.96. The van der Waals surface area contributed by atoms with Gasteiger partial charge in [0, 0.05) is 6.54 Å². The van der Waals surface area contributed by atoms with Crippen LogP contribution >= 0.6 is 12.4 Å². The third-order valence-corrected chi connectivity index (χ3v) is 7.12. The molecule has 4 N–H and O–H groups in total. The van der Waals surface area contributed by atoms with Gasteiger partial charge in [-0.05, 0) is 47.0 Å². The number of carbonyl (C=O) groups is 2. The maximum absolute atomic E-state index is 14.4. The van der Waals surface area contributed by atoms with E-state index in [1.165, 1.54) is 21.0 Å².